The molecule has 20 heavy (non-hydrogen) atoms. The Kier molecular flexibility index (Phi) is 5.68. The normalized spacial score (nSPS) is 12.3. The number of hydrogen-bond acceptors (Lipinski definition) is 2. The number of hydrogen-bond donors (Lipinski definition) is 1. The van der Waals surface area contributed by atoms with E-state index in [-0.39, 0.29) is 11.9 Å². The summed E-state index contributed by atoms with van der Waals surface area (Å²) in [6.45, 7) is 2.94. The van der Waals surface area contributed by atoms with E-state index >= 15 is 0 Å². The fraction of sp³-hybridized carbons (Fsp3) is 0.312. The minimum Gasteiger partial charge on any atom is -0.308 e. The SMILES string of the molecule is CCCNC(Cc1ccc(Br)cc1)c1ncccc1F. The molecule has 1 atom stereocenters. The van der Waals surface area contributed by atoms with Crippen LogP contribution in [0.1, 0.15) is 30.6 Å². The molecule has 2 rings (SSSR count). The minimum absolute atomic E-state index is 0.0997. The molecule has 0 saturated heterocycles. The van der Waals surface area contributed by atoms with Gasteiger partial charge in [-0.25, -0.2) is 4.39 Å². The lowest BCUT2D eigenvalue weighted by Crippen LogP contribution is -2.26. The van der Waals surface area contributed by atoms with Crippen LogP contribution in [0.25, 0.3) is 0 Å². The molecule has 2 aromatic rings. The van der Waals surface area contributed by atoms with E-state index in [2.05, 4.69) is 33.2 Å². The first-order valence-electron chi connectivity index (χ1n) is 6.79. The van der Waals surface area contributed by atoms with Gasteiger partial charge in [0.1, 0.15) is 5.82 Å². The van der Waals surface area contributed by atoms with E-state index in [4.69, 9.17) is 0 Å². The number of halogens is 2. The highest BCUT2D eigenvalue weighted by molar-refractivity contribution is 9.10. The summed E-state index contributed by atoms with van der Waals surface area (Å²) in [4.78, 5) is 4.20. The van der Waals surface area contributed by atoms with Gasteiger partial charge < -0.3 is 5.32 Å². The van der Waals surface area contributed by atoms with Crippen LogP contribution in [0.5, 0.6) is 0 Å². The number of rotatable bonds is 6. The van der Waals surface area contributed by atoms with Gasteiger partial charge in [-0.05, 0) is 49.2 Å². The Labute approximate surface area is 127 Å². The first-order chi connectivity index (χ1) is 9.70. The molecule has 106 valence electrons. The smallest absolute Gasteiger partial charge is 0.146 e. The number of pyridine rings is 1. The van der Waals surface area contributed by atoms with Gasteiger partial charge >= 0.3 is 0 Å². The molecule has 0 fully saturated rings. The first kappa shape index (κ1) is 15.1. The van der Waals surface area contributed by atoms with E-state index in [0.717, 1.165) is 29.4 Å². The van der Waals surface area contributed by atoms with E-state index in [1.807, 2.05) is 24.3 Å². The van der Waals surface area contributed by atoms with Crippen molar-refractivity contribution in [2.45, 2.75) is 25.8 Å². The molecule has 1 heterocycles. The first-order valence-corrected chi connectivity index (χ1v) is 7.58. The van der Waals surface area contributed by atoms with Crippen molar-refractivity contribution >= 4 is 15.9 Å². The zero-order chi connectivity index (χ0) is 14.4. The summed E-state index contributed by atoms with van der Waals surface area (Å²) in [6.07, 6.45) is 3.37. The van der Waals surface area contributed by atoms with Crippen LogP contribution in [0.4, 0.5) is 4.39 Å². The fourth-order valence-corrected chi connectivity index (χ4v) is 2.36. The standard InChI is InChI=1S/C16H18BrFN2/c1-2-9-19-15(16-14(18)4-3-10-20-16)11-12-5-7-13(17)8-6-12/h3-8,10,15,19H,2,9,11H2,1H3. The highest BCUT2D eigenvalue weighted by Crippen LogP contribution is 2.20. The molecule has 1 unspecified atom stereocenters. The van der Waals surface area contributed by atoms with Crippen LogP contribution in [0.3, 0.4) is 0 Å². The third kappa shape index (κ3) is 4.12. The Morgan fingerprint density at radius 2 is 2.00 bits per heavy atom. The molecule has 1 N–H and O–H groups in total. The maximum atomic E-state index is 13.9. The van der Waals surface area contributed by atoms with Crippen LogP contribution in [0.15, 0.2) is 47.1 Å². The third-order valence-electron chi connectivity index (χ3n) is 3.11. The Hall–Kier alpha value is -1.26. The molecule has 1 aromatic heterocycles. The second-order valence-electron chi connectivity index (χ2n) is 4.71. The summed E-state index contributed by atoms with van der Waals surface area (Å²) in [5, 5.41) is 3.38. The number of nitrogens with one attached hydrogen (secondary N) is 1. The average Bonchev–Trinajstić information content (AvgIpc) is 2.46. The lowest BCUT2D eigenvalue weighted by molar-refractivity contribution is 0.483. The largest absolute Gasteiger partial charge is 0.308 e. The van der Waals surface area contributed by atoms with Crippen molar-refractivity contribution in [2.24, 2.45) is 0 Å². The van der Waals surface area contributed by atoms with Gasteiger partial charge in [0.15, 0.2) is 0 Å². The molecule has 2 nitrogen and oxygen atoms in total. The second kappa shape index (κ2) is 7.50. The average molecular weight is 337 g/mol. The van der Waals surface area contributed by atoms with Crippen LogP contribution in [0, 0.1) is 5.82 Å². The molecule has 0 aliphatic rings. The van der Waals surface area contributed by atoms with Crippen molar-refractivity contribution < 1.29 is 4.39 Å². The van der Waals surface area contributed by atoms with Crippen molar-refractivity contribution in [3.8, 4) is 0 Å². The molecule has 0 radical (unpaired) electrons. The molecule has 4 heteroatoms. The van der Waals surface area contributed by atoms with Gasteiger partial charge in [-0.3, -0.25) is 4.98 Å². The molecular weight excluding hydrogens is 319 g/mol. The van der Waals surface area contributed by atoms with E-state index in [9.17, 15) is 4.39 Å². The number of aromatic nitrogens is 1. The van der Waals surface area contributed by atoms with Gasteiger partial charge in [0.05, 0.1) is 11.7 Å². The molecule has 0 bridgehead atoms. The van der Waals surface area contributed by atoms with Crippen molar-refractivity contribution in [2.75, 3.05) is 6.54 Å². The molecular formula is C16H18BrFN2. The highest BCUT2D eigenvalue weighted by Gasteiger charge is 2.16. The predicted octanol–water partition coefficient (Wildman–Crippen LogP) is 4.27. The van der Waals surface area contributed by atoms with Crippen molar-refractivity contribution in [3.05, 3.63) is 64.1 Å². The van der Waals surface area contributed by atoms with Crippen LogP contribution in [0.2, 0.25) is 0 Å². The number of benzene rings is 1. The summed E-state index contributed by atoms with van der Waals surface area (Å²) in [5.41, 5.74) is 1.65. The van der Waals surface area contributed by atoms with E-state index in [1.165, 1.54) is 6.07 Å². The molecule has 0 aliphatic heterocycles. The zero-order valence-corrected chi connectivity index (χ0v) is 13.0. The summed E-state index contributed by atoms with van der Waals surface area (Å²) >= 11 is 3.42. The quantitative estimate of drug-likeness (QED) is 0.852. The van der Waals surface area contributed by atoms with E-state index < -0.39 is 0 Å². The maximum absolute atomic E-state index is 13.9. The van der Waals surface area contributed by atoms with E-state index in [1.54, 1.807) is 12.3 Å². The molecule has 0 amide bonds. The lowest BCUT2D eigenvalue weighted by Gasteiger charge is -2.18. The van der Waals surface area contributed by atoms with Crippen LogP contribution in [-0.2, 0) is 6.42 Å². The van der Waals surface area contributed by atoms with Gasteiger partial charge in [0.2, 0.25) is 0 Å². The summed E-state index contributed by atoms with van der Waals surface area (Å²) in [5.74, 6) is -0.252. The minimum atomic E-state index is -0.252. The predicted molar refractivity (Wildman–Crippen MR) is 83.1 cm³/mol. The van der Waals surface area contributed by atoms with Crippen LogP contribution in [-0.4, -0.2) is 11.5 Å². The van der Waals surface area contributed by atoms with Gasteiger partial charge in [-0.1, -0.05) is 35.0 Å². The monoisotopic (exact) mass is 336 g/mol. The Morgan fingerprint density at radius 1 is 1.25 bits per heavy atom. The van der Waals surface area contributed by atoms with Gasteiger partial charge in [-0.15, -0.1) is 0 Å². The molecule has 0 aliphatic carbocycles. The lowest BCUT2D eigenvalue weighted by atomic mass is 10.0. The van der Waals surface area contributed by atoms with Crippen LogP contribution < -0.4 is 5.32 Å². The molecule has 0 saturated carbocycles. The second-order valence-corrected chi connectivity index (χ2v) is 5.62. The molecule has 1 aromatic carbocycles. The summed E-state index contributed by atoms with van der Waals surface area (Å²) < 4.78 is 15.0. The summed E-state index contributed by atoms with van der Waals surface area (Å²) in [7, 11) is 0. The van der Waals surface area contributed by atoms with Crippen LogP contribution >= 0.6 is 15.9 Å². The molecule has 0 spiro atoms. The Morgan fingerprint density at radius 3 is 2.65 bits per heavy atom. The van der Waals surface area contributed by atoms with Gasteiger partial charge in [0, 0.05) is 10.7 Å². The van der Waals surface area contributed by atoms with Gasteiger partial charge in [0.25, 0.3) is 0 Å². The van der Waals surface area contributed by atoms with Crippen molar-refractivity contribution in [1.82, 2.24) is 10.3 Å². The van der Waals surface area contributed by atoms with Gasteiger partial charge in [-0.2, -0.15) is 0 Å². The third-order valence-corrected chi connectivity index (χ3v) is 3.64. The zero-order valence-electron chi connectivity index (χ0n) is 11.4. The Balaban J connectivity index is 2.19. The Bertz CT molecular complexity index is 542. The van der Waals surface area contributed by atoms with E-state index in [0.29, 0.717) is 5.69 Å². The van der Waals surface area contributed by atoms with Crippen molar-refractivity contribution in [3.63, 3.8) is 0 Å². The maximum Gasteiger partial charge on any atom is 0.146 e. The summed E-state index contributed by atoms with van der Waals surface area (Å²) in [6, 6.07) is 11.1. The topological polar surface area (TPSA) is 24.9 Å². The fourth-order valence-electron chi connectivity index (χ4n) is 2.09. The van der Waals surface area contributed by atoms with Crippen molar-refractivity contribution in [1.29, 1.82) is 0 Å². The number of nitrogens with zero attached hydrogens (tertiary/aromatic N) is 1. The highest BCUT2D eigenvalue weighted by atomic mass is 79.9.